The maximum absolute atomic E-state index is 11.4. The molecule has 0 unspecified atom stereocenters. The van der Waals surface area contributed by atoms with Gasteiger partial charge in [0.05, 0.1) is 53.9 Å². The summed E-state index contributed by atoms with van der Waals surface area (Å²) in [5.41, 5.74) is 4.59. The SMILES string of the molecule is C=COCCOc1c(C)cc([S+](c2ccccc2)c2ccccc2)cc1C.C=COCCOc1c(C)cc([S+](c2ccccc2)c2ccccc2)cc1C.CCCCCCCCCCC(=O)OCCOC(=O)CS(=O)(=O)[O-].CCCCCCCCCCC(=O)OCCOC(=O)CS(=O)(=O)[O-].CC[NH+](CC)CC. The van der Waals surface area contributed by atoms with Gasteiger partial charge in [-0.1, -0.05) is 190 Å². The van der Waals surface area contributed by atoms with Crippen LogP contribution in [-0.2, 0) is 89.6 Å². The van der Waals surface area contributed by atoms with E-state index in [2.05, 4.69) is 231 Å². The molecule has 19 nitrogen and oxygen atoms in total. The summed E-state index contributed by atoms with van der Waals surface area (Å²) < 4.78 is 103. The van der Waals surface area contributed by atoms with Crippen molar-refractivity contribution in [3.05, 3.63) is 194 Å². The van der Waals surface area contributed by atoms with E-state index in [1.165, 1.54) is 126 Å². The van der Waals surface area contributed by atoms with Gasteiger partial charge in [-0.2, -0.15) is 0 Å². The van der Waals surface area contributed by atoms with E-state index >= 15 is 0 Å². The van der Waals surface area contributed by atoms with Gasteiger partial charge in [0.1, 0.15) is 96.1 Å². The summed E-state index contributed by atoms with van der Waals surface area (Å²) in [5.74, 6) is -3.56. The Bertz CT molecular complexity index is 3280. The Morgan fingerprint density at radius 2 is 0.617 bits per heavy atom. The first-order valence-corrected chi connectivity index (χ1v) is 43.0. The Morgan fingerprint density at radius 3 is 0.850 bits per heavy atom. The van der Waals surface area contributed by atoms with Crippen LogP contribution in [0.4, 0.5) is 0 Å². The van der Waals surface area contributed by atoms with Crippen molar-refractivity contribution in [2.24, 2.45) is 0 Å². The van der Waals surface area contributed by atoms with Gasteiger partial charge >= 0.3 is 23.9 Å². The van der Waals surface area contributed by atoms with Gasteiger partial charge in [0.2, 0.25) is 0 Å². The van der Waals surface area contributed by atoms with Crippen molar-refractivity contribution in [3.8, 4) is 11.5 Å². The Morgan fingerprint density at radius 1 is 0.364 bits per heavy atom. The standard InChI is InChI=1S/2C24H25O2S.2C15H28O7S.C6H15N/c2*1-4-25-15-16-26-24-19(2)17-23(18-20(24)3)27(21-11-7-5-8-12-21)22-13-9-6-10-14-22;2*1-2-3-4-5-6-7-8-9-10-14(16)21-11-12-22-15(17)13-23(18,19)20;1-4-7(5-2)6-3/h2*4-14,17-18H,1,15-16H2,2-3H3;2*2-13H2,1H3,(H,18,19,20);4-6H2,1-3H3/q2*+1;;;/p-1. The van der Waals surface area contributed by atoms with E-state index < -0.39 is 43.7 Å². The Balaban J connectivity index is 0.000000471. The molecule has 6 aromatic carbocycles. The average Bonchev–Trinajstić information content (AvgIpc) is 0.802. The minimum atomic E-state index is -4.63. The fourth-order valence-electron chi connectivity index (χ4n) is 10.8. The van der Waals surface area contributed by atoms with Gasteiger partial charge in [0.15, 0.2) is 29.4 Å². The molecule has 0 aliphatic carbocycles. The minimum absolute atomic E-state index is 0.138. The first-order chi connectivity index (χ1) is 51.4. The van der Waals surface area contributed by atoms with Crippen molar-refractivity contribution in [2.75, 3.05) is 84.0 Å². The van der Waals surface area contributed by atoms with Crippen molar-refractivity contribution in [3.63, 3.8) is 0 Å². The van der Waals surface area contributed by atoms with E-state index in [-0.39, 0.29) is 60.2 Å². The monoisotopic (exact) mass is 1560 g/mol. The van der Waals surface area contributed by atoms with Crippen LogP contribution in [0, 0.1) is 27.7 Å². The van der Waals surface area contributed by atoms with E-state index in [0.717, 1.165) is 72.3 Å². The number of hydrogen-bond donors (Lipinski definition) is 1. The number of aryl methyl sites for hydroxylation is 4. The number of carbonyl (C=O) groups excluding carboxylic acids is 4. The number of carbonyl (C=O) groups is 4. The van der Waals surface area contributed by atoms with Crippen LogP contribution < -0.4 is 14.4 Å². The largest absolute Gasteiger partial charge is 0.748 e. The third-order valence-electron chi connectivity index (χ3n) is 16.2. The van der Waals surface area contributed by atoms with Crippen LogP contribution in [0.25, 0.3) is 0 Å². The van der Waals surface area contributed by atoms with Crippen LogP contribution in [0.1, 0.15) is 172 Å². The van der Waals surface area contributed by atoms with Gasteiger partial charge in [-0.05, 0) is 132 Å². The Kier molecular flexibility index (Phi) is 52.1. The maximum atomic E-state index is 11.4. The molecule has 0 fully saturated rings. The second-order valence-corrected chi connectivity index (χ2v) is 31.8. The molecule has 107 heavy (non-hydrogen) atoms. The molecule has 0 saturated heterocycles. The highest BCUT2D eigenvalue weighted by Crippen LogP contribution is 2.37. The average molecular weight is 1560 g/mol. The summed E-state index contributed by atoms with van der Waals surface area (Å²) in [5, 5.41) is 0. The third-order valence-corrected chi connectivity index (χ3v) is 21.7. The molecule has 0 saturated carbocycles. The summed E-state index contributed by atoms with van der Waals surface area (Å²) in [7, 11) is -9.56. The molecule has 0 aliphatic rings. The maximum Gasteiger partial charge on any atom is 0.320 e. The van der Waals surface area contributed by atoms with Crippen LogP contribution in [0.5, 0.6) is 11.5 Å². The second-order valence-electron chi connectivity index (χ2n) is 25.0. The molecule has 1 N–H and O–H groups in total. The highest BCUT2D eigenvalue weighted by molar-refractivity contribution is 7.97. The molecule has 0 amide bonds. The van der Waals surface area contributed by atoms with E-state index in [1.807, 2.05) is 0 Å². The fourth-order valence-corrected chi connectivity index (χ4v) is 16.1. The number of hydrogen-bond acceptors (Lipinski definition) is 18. The van der Waals surface area contributed by atoms with Crippen molar-refractivity contribution >= 4 is 65.9 Å². The molecule has 0 spiro atoms. The van der Waals surface area contributed by atoms with E-state index in [9.17, 15) is 45.1 Å². The molecule has 0 heterocycles. The zero-order valence-electron chi connectivity index (χ0n) is 64.8. The van der Waals surface area contributed by atoms with Crippen molar-refractivity contribution < 1.29 is 87.9 Å². The van der Waals surface area contributed by atoms with E-state index in [0.29, 0.717) is 39.3 Å². The molecule has 0 atom stereocenters. The topological polar surface area (TPSA) is 261 Å². The number of esters is 4. The van der Waals surface area contributed by atoms with E-state index in [4.69, 9.17) is 28.4 Å². The van der Waals surface area contributed by atoms with Gasteiger partial charge in [0.25, 0.3) is 0 Å². The van der Waals surface area contributed by atoms with Crippen LogP contribution in [0.3, 0.4) is 0 Å². The molecule has 6 aromatic rings. The van der Waals surface area contributed by atoms with Crippen molar-refractivity contribution in [2.45, 2.75) is 207 Å². The minimum Gasteiger partial charge on any atom is -0.748 e. The van der Waals surface area contributed by atoms with Gasteiger partial charge in [-0.25, -0.2) is 16.8 Å². The summed E-state index contributed by atoms with van der Waals surface area (Å²) in [6.45, 7) is 31.6. The summed E-state index contributed by atoms with van der Waals surface area (Å²) in [6, 6.07) is 51.8. The molecule has 0 radical (unpaired) electrons. The third kappa shape index (κ3) is 45.1. The molecule has 0 aliphatic heterocycles. The normalized spacial score (nSPS) is 10.9. The lowest BCUT2D eigenvalue weighted by Gasteiger charge is -2.14. The number of quaternary nitrogens is 1. The highest BCUT2D eigenvalue weighted by Gasteiger charge is 2.31. The van der Waals surface area contributed by atoms with Crippen LogP contribution >= 0.6 is 0 Å². The molecule has 592 valence electrons. The quantitative estimate of drug-likeness (QED) is 0.00929. The predicted octanol–water partition coefficient (Wildman–Crippen LogP) is 16.1. The predicted molar refractivity (Wildman–Crippen MR) is 425 cm³/mol. The van der Waals surface area contributed by atoms with Crippen LogP contribution in [0.2, 0.25) is 0 Å². The molecule has 0 aromatic heterocycles. The summed E-state index contributed by atoms with van der Waals surface area (Å²) in [6.07, 6.45) is 21.6. The number of rotatable bonds is 47. The first kappa shape index (κ1) is 95.4. The fraction of sp³-hybridized carbons (Fsp3) is 0.476. The molecular weight excluding hydrogens is 1440 g/mol. The first-order valence-electron chi connectivity index (χ1n) is 37.4. The van der Waals surface area contributed by atoms with E-state index in [1.54, 1.807) is 4.90 Å². The van der Waals surface area contributed by atoms with Gasteiger partial charge in [-0.3, -0.25) is 19.2 Å². The lowest BCUT2D eigenvalue weighted by atomic mass is 10.1. The summed E-state index contributed by atoms with van der Waals surface area (Å²) in [4.78, 5) is 54.1. The smallest absolute Gasteiger partial charge is 0.320 e. The van der Waals surface area contributed by atoms with Crippen molar-refractivity contribution in [1.29, 1.82) is 0 Å². The lowest BCUT2D eigenvalue weighted by molar-refractivity contribution is -0.894. The van der Waals surface area contributed by atoms with Crippen LogP contribution in [0.15, 0.2) is 201 Å². The summed E-state index contributed by atoms with van der Waals surface area (Å²) >= 11 is 0. The van der Waals surface area contributed by atoms with Gasteiger partial charge in [-0.15, -0.1) is 0 Å². The molecular formula is C84H120NO18S4+. The van der Waals surface area contributed by atoms with Gasteiger partial charge < -0.3 is 51.9 Å². The zero-order valence-corrected chi connectivity index (χ0v) is 68.1. The Labute approximate surface area is 646 Å². The highest BCUT2D eigenvalue weighted by atomic mass is 32.2. The Hall–Kier alpha value is -7.64. The molecule has 0 bridgehead atoms. The molecule has 6 rings (SSSR count). The lowest BCUT2D eigenvalue weighted by Crippen LogP contribution is -3.11. The number of nitrogens with one attached hydrogen (secondary N) is 1. The van der Waals surface area contributed by atoms with Crippen LogP contribution in [-0.4, -0.2) is 134 Å². The zero-order chi connectivity index (χ0) is 78.9. The number of ether oxygens (including phenoxy) is 8. The van der Waals surface area contributed by atoms with Crippen molar-refractivity contribution in [1.82, 2.24) is 0 Å². The second kappa shape index (κ2) is 58.4. The van der Waals surface area contributed by atoms with Gasteiger partial charge in [0, 0.05) is 37.1 Å². The number of benzene rings is 6. The molecule has 23 heteroatoms. The number of unbranched alkanes of at least 4 members (excludes halogenated alkanes) is 14.